The molecule has 328 valence electrons. The van der Waals surface area contributed by atoms with Crippen molar-refractivity contribution in [2.24, 2.45) is 5.92 Å². The number of carbonyl (C=O) groups is 1. The van der Waals surface area contributed by atoms with Crippen molar-refractivity contribution in [2.45, 2.75) is 50.2 Å². The fraction of sp³-hybridized carbons (Fsp3) is 0.455. The summed E-state index contributed by atoms with van der Waals surface area (Å²) in [6.45, 7) is 7.65. The molecule has 9 heterocycles. The number of hydrogen-bond acceptors (Lipinski definition) is 13. The minimum atomic E-state index is -0.799. The Morgan fingerprint density at radius 3 is 2.62 bits per heavy atom. The quantitative estimate of drug-likeness (QED) is 0.258. The third-order valence-electron chi connectivity index (χ3n) is 13.2. The lowest BCUT2D eigenvalue weighted by Crippen LogP contribution is -2.52. The topological polar surface area (TPSA) is 144 Å². The average molecular weight is 865 g/mol. The summed E-state index contributed by atoms with van der Waals surface area (Å²) in [4.78, 5) is 43.3. The number of nitrogens with one attached hydrogen (secondary N) is 1. The van der Waals surface area contributed by atoms with Crippen LogP contribution in [0.3, 0.4) is 0 Å². The number of aryl methyl sites for hydroxylation is 1. The van der Waals surface area contributed by atoms with Gasteiger partial charge in [-0.25, -0.2) is 27.8 Å². The van der Waals surface area contributed by atoms with Gasteiger partial charge in [0.05, 0.1) is 72.9 Å². The van der Waals surface area contributed by atoms with E-state index >= 15 is 8.78 Å². The zero-order valence-corrected chi connectivity index (χ0v) is 35.1. The van der Waals surface area contributed by atoms with Crippen molar-refractivity contribution in [3.05, 3.63) is 78.0 Å². The van der Waals surface area contributed by atoms with E-state index in [1.54, 1.807) is 25.3 Å². The van der Waals surface area contributed by atoms with E-state index in [2.05, 4.69) is 20.2 Å². The number of amides is 1. The second-order valence-corrected chi connectivity index (χ2v) is 17.3. The standard InChI is InChI=1S/C44H47F3N12O4/c1-24-49-34-13-27(46)11-30-33-5-4-6-39(51-33)50-28-14-36(43(60)54(2)18-29(61-3)19-57(24)40(30)34)58(17-28)41-31-15-48-59(35-8-7-26(45)12-32(35)47)42(31)53-44(52-41)56-9-10-63-38-21-55(20-37(38)56)16-25-22-62-23-25/h4-8,11-13,15,25,28-29,36-38H,9-10,14,16-23H2,1-3H3,(H,50,51)/t28?,29-,36-,37?,38-/m0/s1. The number of hydrogen-bond donors (Lipinski definition) is 1. The second kappa shape index (κ2) is 15.7. The zero-order chi connectivity index (χ0) is 43.1. The first-order valence-corrected chi connectivity index (χ1v) is 21.4. The molecule has 5 aliphatic rings. The van der Waals surface area contributed by atoms with Gasteiger partial charge in [-0.15, -0.1) is 0 Å². The maximum atomic E-state index is 15.6. The lowest BCUT2D eigenvalue weighted by Gasteiger charge is -2.37. The first-order chi connectivity index (χ1) is 30.6. The molecule has 4 aromatic heterocycles. The fourth-order valence-electron chi connectivity index (χ4n) is 10.1. The normalized spacial score (nSPS) is 24.4. The zero-order valence-electron chi connectivity index (χ0n) is 35.1. The van der Waals surface area contributed by atoms with E-state index in [4.69, 9.17) is 34.1 Å². The van der Waals surface area contributed by atoms with Crippen LogP contribution in [0, 0.1) is 30.3 Å². The molecule has 19 heteroatoms. The number of ether oxygens (including phenoxy) is 3. The smallest absolute Gasteiger partial charge is 0.245 e. The van der Waals surface area contributed by atoms with Crippen molar-refractivity contribution in [3.63, 3.8) is 0 Å². The number of benzene rings is 2. The van der Waals surface area contributed by atoms with E-state index in [-0.39, 0.29) is 36.3 Å². The molecule has 0 aliphatic carbocycles. The van der Waals surface area contributed by atoms with Crippen LogP contribution in [0.1, 0.15) is 12.2 Å². The summed E-state index contributed by atoms with van der Waals surface area (Å²) in [6, 6.07) is 10.7. The lowest BCUT2D eigenvalue weighted by molar-refractivity contribution is -0.132. The Morgan fingerprint density at radius 2 is 1.81 bits per heavy atom. The molecule has 2 unspecified atom stereocenters. The number of methoxy groups -OCH3 is 1. The van der Waals surface area contributed by atoms with E-state index in [9.17, 15) is 9.18 Å². The Bertz CT molecular complexity index is 2750. The third kappa shape index (κ3) is 7.10. The second-order valence-electron chi connectivity index (χ2n) is 17.3. The number of imidazole rings is 1. The van der Waals surface area contributed by atoms with Crippen molar-refractivity contribution in [2.75, 3.05) is 88.4 Å². The number of likely N-dealkylation sites (N-methyl/N-ethyl adjacent to an activating group) is 1. The number of halogens is 3. The Labute approximate surface area is 360 Å². The average Bonchev–Trinajstić information content (AvgIpc) is 4.05. The van der Waals surface area contributed by atoms with E-state index < -0.39 is 29.6 Å². The number of morpholine rings is 1. The highest BCUT2D eigenvalue weighted by atomic mass is 19.1. The Morgan fingerprint density at radius 1 is 0.937 bits per heavy atom. The molecule has 63 heavy (non-hydrogen) atoms. The number of anilines is 3. The number of aromatic nitrogens is 7. The van der Waals surface area contributed by atoms with E-state index in [0.29, 0.717) is 89.8 Å². The summed E-state index contributed by atoms with van der Waals surface area (Å²) in [5.41, 5.74) is 2.72. The van der Waals surface area contributed by atoms with Gasteiger partial charge in [-0.2, -0.15) is 15.1 Å². The first kappa shape index (κ1) is 39.9. The highest BCUT2D eigenvalue weighted by Crippen LogP contribution is 2.38. The van der Waals surface area contributed by atoms with Gasteiger partial charge in [0.25, 0.3) is 0 Å². The van der Waals surface area contributed by atoms with Gasteiger partial charge in [0.15, 0.2) is 11.5 Å². The van der Waals surface area contributed by atoms with Gasteiger partial charge >= 0.3 is 0 Å². The summed E-state index contributed by atoms with van der Waals surface area (Å²) >= 11 is 0. The third-order valence-corrected chi connectivity index (χ3v) is 13.2. The lowest BCUT2D eigenvalue weighted by atomic mass is 10.1. The molecule has 4 fully saturated rings. The van der Waals surface area contributed by atoms with Crippen LogP contribution in [0.5, 0.6) is 0 Å². The predicted molar refractivity (Wildman–Crippen MR) is 227 cm³/mol. The number of pyridine rings is 1. The molecule has 4 bridgehead atoms. The van der Waals surface area contributed by atoms with E-state index in [1.807, 2.05) is 34.6 Å². The van der Waals surface area contributed by atoms with Crippen LogP contribution in [-0.2, 0) is 25.5 Å². The number of rotatable bonds is 6. The molecular weight excluding hydrogens is 818 g/mol. The molecule has 2 aromatic carbocycles. The van der Waals surface area contributed by atoms with Crippen molar-refractivity contribution in [1.29, 1.82) is 0 Å². The molecule has 0 saturated carbocycles. The minimum Gasteiger partial charge on any atom is -0.381 e. The van der Waals surface area contributed by atoms with Crippen LogP contribution >= 0.6 is 0 Å². The van der Waals surface area contributed by atoms with Crippen LogP contribution in [0.2, 0.25) is 0 Å². The molecular formula is C44H47F3N12O4. The maximum Gasteiger partial charge on any atom is 0.245 e. The van der Waals surface area contributed by atoms with Crippen molar-refractivity contribution >= 4 is 45.6 Å². The van der Waals surface area contributed by atoms with Gasteiger partial charge in [0, 0.05) is 83.1 Å². The highest BCUT2D eigenvalue weighted by Gasteiger charge is 2.45. The van der Waals surface area contributed by atoms with Crippen LogP contribution < -0.4 is 15.1 Å². The Kier molecular flexibility index (Phi) is 9.96. The van der Waals surface area contributed by atoms with Gasteiger partial charge in [-0.05, 0) is 43.7 Å². The van der Waals surface area contributed by atoms with Crippen molar-refractivity contribution in [3.8, 4) is 16.9 Å². The molecule has 5 aliphatic heterocycles. The van der Waals surface area contributed by atoms with Crippen LogP contribution in [0.15, 0.2) is 54.7 Å². The maximum absolute atomic E-state index is 15.6. The molecule has 4 saturated heterocycles. The minimum absolute atomic E-state index is 0.0230. The molecule has 5 atom stereocenters. The molecule has 6 aromatic rings. The summed E-state index contributed by atoms with van der Waals surface area (Å²) in [6.07, 6.45) is 1.41. The largest absolute Gasteiger partial charge is 0.381 e. The van der Waals surface area contributed by atoms with Crippen LogP contribution in [-0.4, -0.2) is 154 Å². The molecule has 0 spiro atoms. The summed E-state index contributed by atoms with van der Waals surface area (Å²) in [5, 5.41) is 8.69. The predicted octanol–water partition coefficient (Wildman–Crippen LogP) is 4.04. The van der Waals surface area contributed by atoms with E-state index in [1.165, 1.54) is 28.9 Å². The molecule has 16 nitrogen and oxygen atoms in total. The van der Waals surface area contributed by atoms with Crippen molar-refractivity contribution in [1.82, 2.24) is 44.1 Å². The van der Waals surface area contributed by atoms with Crippen LogP contribution in [0.25, 0.3) is 39.0 Å². The first-order valence-electron chi connectivity index (χ1n) is 21.4. The summed E-state index contributed by atoms with van der Waals surface area (Å²) in [5.74, 6) is 0.460. The SMILES string of the molecule is CO[C@H]1CN(C)C(=O)[C@@H]2CC(CN2c2nc(N3CCO[C@H]4CN(CC5COC5)CC43)nc3c2cnn3-c2ccc(F)cc2F)Nc2cccc(n2)-c2cc(F)cc3nc(C)n(c23)C1. The van der Waals surface area contributed by atoms with E-state index in [0.717, 1.165) is 44.4 Å². The fourth-order valence-corrected chi connectivity index (χ4v) is 10.1. The number of nitrogens with zero attached hydrogens (tertiary/aromatic N) is 11. The summed E-state index contributed by atoms with van der Waals surface area (Å²) in [7, 11) is 3.38. The number of carbonyl (C=O) groups excluding carboxylic acids is 1. The Balaban J connectivity index is 1.02. The van der Waals surface area contributed by atoms with Gasteiger partial charge in [0.1, 0.15) is 40.8 Å². The molecule has 1 amide bonds. The number of fused-ring (bicyclic) bond motifs is 7. The molecule has 1 N–H and O–H groups in total. The van der Waals surface area contributed by atoms with Gasteiger partial charge in [-0.3, -0.25) is 9.69 Å². The monoisotopic (exact) mass is 864 g/mol. The number of likely N-dealkylation sites (tertiary alicyclic amines) is 1. The molecule has 11 rings (SSSR count). The van der Waals surface area contributed by atoms with Gasteiger partial charge in [0.2, 0.25) is 11.9 Å². The Hall–Kier alpha value is -5.89. The van der Waals surface area contributed by atoms with Gasteiger partial charge < -0.3 is 38.8 Å². The highest BCUT2D eigenvalue weighted by molar-refractivity contribution is 5.94. The van der Waals surface area contributed by atoms with Crippen LogP contribution in [0.4, 0.5) is 30.8 Å². The summed E-state index contributed by atoms with van der Waals surface area (Å²) < 4.78 is 66.2. The van der Waals surface area contributed by atoms with Gasteiger partial charge in [-0.1, -0.05) is 6.07 Å². The molecule has 0 radical (unpaired) electrons. The van der Waals surface area contributed by atoms with Crippen molar-refractivity contribution < 1.29 is 32.2 Å².